The van der Waals surface area contributed by atoms with Crippen LogP contribution in [0.1, 0.15) is 37.3 Å². The van der Waals surface area contributed by atoms with Crippen molar-refractivity contribution >= 4 is 23.6 Å². The third-order valence-corrected chi connectivity index (χ3v) is 4.09. The molecule has 0 saturated heterocycles. The van der Waals surface area contributed by atoms with E-state index in [-0.39, 0.29) is 22.1 Å². The van der Waals surface area contributed by atoms with Crippen LogP contribution in [0.2, 0.25) is 5.02 Å². The van der Waals surface area contributed by atoms with Crippen molar-refractivity contribution in [2.24, 2.45) is 0 Å². The van der Waals surface area contributed by atoms with Crippen LogP contribution in [0.3, 0.4) is 0 Å². The maximum atomic E-state index is 13.2. The van der Waals surface area contributed by atoms with Gasteiger partial charge in [-0.2, -0.15) is 13.2 Å². The van der Waals surface area contributed by atoms with Gasteiger partial charge >= 0.3 is 12.1 Å². The van der Waals surface area contributed by atoms with Crippen molar-refractivity contribution in [2.75, 3.05) is 6.61 Å². The molecule has 138 valence electrons. The molecule has 4 nitrogen and oxygen atoms in total. The Labute approximate surface area is 148 Å². The average Bonchev–Trinajstić information content (AvgIpc) is 2.52. The Morgan fingerprint density at radius 1 is 1.40 bits per heavy atom. The van der Waals surface area contributed by atoms with Crippen molar-refractivity contribution < 1.29 is 32.5 Å². The van der Waals surface area contributed by atoms with E-state index in [1.807, 2.05) is 6.92 Å². The second-order valence-corrected chi connectivity index (χ2v) is 6.14. The molecule has 25 heavy (non-hydrogen) atoms. The highest BCUT2D eigenvalue weighted by Gasteiger charge is 2.48. The van der Waals surface area contributed by atoms with Crippen LogP contribution in [0.25, 0.3) is 6.08 Å². The second kappa shape index (κ2) is 7.56. The SMILES string of the molecule is CCCCCOc1c(Cl)cc2c(c1C)O[C@@H](C(F)(F)F)C(C(=O)O)=C2. The Morgan fingerprint density at radius 2 is 2.08 bits per heavy atom. The highest BCUT2D eigenvalue weighted by Crippen LogP contribution is 2.44. The summed E-state index contributed by atoms with van der Waals surface area (Å²) in [5, 5.41) is 9.25. The Balaban J connectivity index is 2.42. The fourth-order valence-corrected chi connectivity index (χ4v) is 2.89. The van der Waals surface area contributed by atoms with Gasteiger partial charge in [0, 0.05) is 11.1 Å². The van der Waals surface area contributed by atoms with Gasteiger partial charge in [-0.25, -0.2) is 4.79 Å². The molecule has 1 aliphatic rings. The molecule has 0 unspecified atom stereocenters. The van der Waals surface area contributed by atoms with Gasteiger partial charge in [0.25, 0.3) is 0 Å². The van der Waals surface area contributed by atoms with E-state index in [0.29, 0.717) is 12.2 Å². The predicted molar refractivity (Wildman–Crippen MR) is 87.3 cm³/mol. The molecule has 0 radical (unpaired) electrons. The van der Waals surface area contributed by atoms with E-state index in [9.17, 15) is 18.0 Å². The fourth-order valence-electron chi connectivity index (χ4n) is 2.58. The molecule has 8 heteroatoms. The number of unbranched alkanes of at least 4 members (excludes halogenated alkanes) is 2. The smallest absolute Gasteiger partial charge is 0.430 e. The van der Waals surface area contributed by atoms with Crippen LogP contribution in [-0.2, 0) is 4.79 Å². The van der Waals surface area contributed by atoms with Crippen LogP contribution < -0.4 is 9.47 Å². The number of carbonyl (C=O) groups is 1. The van der Waals surface area contributed by atoms with Gasteiger partial charge in [-0.05, 0) is 25.5 Å². The van der Waals surface area contributed by atoms with Gasteiger partial charge in [-0.15, -0.1) is 0 Å². The van der Waals surface area contributed by atoms with Gasteiger partial charge in [0.15, 0.2) is 0 Å². The molecule has 0 fully saturated rings. The third kappa shape index (κ3) is 4.21. The maximum Gasteiger partial charge on any atom is 0.430 e. The van der Waals surface area contributed by atoms with Crippen LogP contribution in [0, 0.1) is 6.92 Å². The highest BCUT2D eigenvalue weighted by molar-refractivity contribution is 6.32. The third-order valence-electron chi connectivity index (χ3n) is 3.81. The fraction of sp³-hybridized carbons (Fsp3) is 0.471. The van der Waals surface area contributed by atoms with Gasteiger partial charge in [0.2, 0.25) is 6.10 Å². The van der Waals surface area contributed by atoms with Gasteiger partial charge in [0.05, 0.1) is 17.2 Å². The number of benzene rings is 1. The minimum Gasteiger partial charge on any atom is -0.492 e. The van der Waals surface area contributed by atoms with Crippen LogP contribution in [0.15, 0.2) is 11.6 Å². The molecule has 0 spiro atoms. The predicted octanol–water partition coefficient (Wildman–Crippen LogP) is 5.01. The summed E-state index contributed by atoms with van der Waals surface area (Å²) in [6.07, 6.45) is -3.70. The Kier molecular flexibility index (Phi) is 5.87. The summed E-state index contributed by atoms with van der Waals surface area (Å²) < 4.78 is 50.1. The van der Waals surface area contributed by atoms with E-state index < -0.39 is 23.8 Å². The first-order valence-corrected chi connectivity index (χ1v) is 8.18. The van der Waals surface area contributed by atoms with Gasteiger partial charge < -0.3 is 14.6 Å². The van der Waals surface area contributed by atoms with Crippen molar-refractivity contribution in [1.82, 2.24) is 0 Å². The number of carboxylic acids is 1. The minimum absolute atomic E-state index is 0.0674. The number of aliphatic carboxylic acids is 1. The number of alkyl halides is 3. The molecule has 1 N–H and O–H groups in total. The second-order valence-electron chi connectivity index (χ2n) is 5.73. The lowest BCUT2D eigenvalue weighted by Gasteiger charge is -2.29. The molecule has 1 atom stereocenters. The van der Waals surface area contributed by atoms with E-state index >= 15 is 0 Å². The molecular weight excluding hydrogens is 361 g/mol. The Hall–Kier alpha value is -1.89. The lowest BCUT2D eigenvalue weighted by molar-refractivity contribution is -0.187. The Morgan fingerprint density at radius 3 is 2.64 bits per heavy atom. The molecular formula is C17H18ClF3O4. The van der Waals surface area contributed by atoms with Gasteiger partial charge in [-0.1, -0.05) is 31.4 Å². The lowest BCUT2D eigenvalue weighted by atomic mass is 9.98. The summed E-state index contributed by atoms with van der Waals surface area (Å²) in [4.78, 5) is 11.2. The van der Waals surface area contributed by atoms with Crippen molar-refractivity contribution in [3.63, 3.8) is 0 Å². The topological polar surface area (TPSA) is 55.8 Å². The standard InChI is InChI=1S/C17H18ClF3O4/c1-3-4-5-6-24-14-9(2)13-10(8-12(14)18)7-11(16(22)23)15(25-13)17(19,20)21/h7-8,15H,3-6H2,1-2H3,(H,22,23)/t15-/m1/s1. The molecule has 2 rings (SSSR count). The number of rotatable bonds is 6. The first-order chi connectivity index (χ1) is 11.7. The number of halogens is 4. The molecule has 0 aliphatic carbocycles. The van der Waals surface area contributed by atoms with Crippen LogP contribution in [0.4, 0.5) is 13.2 Å². The summed E-state index contributed by atoms with van der Waals surface area (Å²) in [5.41, 5.74) is -0.387. The molecule has 0 amide bonds. The monoisotopic (exact) mass is 378 g/mol. The van der Waals surface area contributed by atoms with E-state index in [4.69, 9.17) is 26.2 Å². The quantitative estimate of drug-likeness (QED) is 0.707. The first kappa shape index (κ1) is 19.4. The molecule has 1 aromatic rings. The summed E-state index contributed by atoms with van der Waals surface area (Å²) >= 11 is 6.15. The lowest BCUT2D eigenvalue weighted by Crippen LogP contribution is -2.40. The zero-order chi connectivity index (χ0) is 18.8. The highest BCUT2D eigenvalue weighted by atomic mass is 35.5. The van der Waals surface area contributed by atoms with Crippen molar-refractivity contribution in [3.05, 3.63) is 27.8 Å². The molecule has 1 heterocycles. The number of fused-ring (bicyclic) bond motifs is 1. The van der Waals surface area contributed by atoms with Crippen LogP contribution >= 0.6 is 11.6 Å². The van der Waals surface area contributed by atoms with E-state index in [0.717, 1.165) is 25.3 Å². The van der Waals surface area contributed by atoms with Crippen LogP contribution in [-0.4, -0.2) is 30.0 Å². The first-order valence-electron chi connectivity index (χ1n) is 7.81. The minimum atomic E-state index is -4.85. The van der Waals surface area contributed by atoms with Gasteiger partial charge in [0.1, 0.15) is 11.5 Å². The number of carboxylic acid groups (broad SMARTS) is 1. The number of hydrogen-bond acceptors (Lipinski definition) is 3. The molecule has 1 aliphatic heterocycles. The summed E-state index contributed by atoms with van der Waals surface area (Å²) in [5.74, 6) is -1.51. The number of hydrogen-bond donors (Lipinski definition) is 1. The zero-order valence-corrected chi connectivity index (χ0v) is 14.5. The van der Waals surface area contributed by atoms with Gasteiger partial charge in [-0.3, -0.25) is 0 Å². The van der Waals surface area contributed by atoms with E-state index in [2.05, 4.69) is 0 Å². The Bertz CT molecular complexity index is 698. The van der Waals surface area contributed by atoms with Crippen molar-refractivity contribution in [1.29, 1.82) is 0 Å². The maximum absolute atomic E-state index is 13.2. The molecule has 0 bridgehead atoms. The summed E-state index contributed by atoms with van der Waals surface area (Å²) in [6.45, 7) is 3.95. The van der Waals surface area contributed by atoms with Crippen molar-refractivity contribution in [2.45, 2.75) is 45.4 Å². The van der Waals surface area contributed by atoms with E-state index in [1.165, 1.54) is 13.0 Å². The summed E-state index contributed by atoms with van der Waals surface area (Å²) in [7, 11) is 0. The molecule has 0 aromatic heterocycles. The summed E-state index contributed by atoms with van der Waals surface area (Å²) in [6, 6.07) is 1.36. The van der Waals surface area contributed by atoms with E-state index in [1.54, 1.807) is 0 Å². The molecule has 1 aromatic carbocycles. The number of ether oxygens (including phenoxy) is 2. The normalized spacial score (nSPS) is 16.7. The zero-order valence-electron chi connectivity index (χ0n) is 13.7. The molecule has 0 saturated carbocycles. The van der Waals surface area contributed by atoms with Crippen molar-refractivity contribution in [3.8, 4) is 11.5 Å². The largest absolute Gasteiger partial charge is 0.492 e. The average molecular weight is 379 g/mol. The van der Waals surface area contributed by atoms with Crippen LogP contribution in [0.5, 0.6) is 11.5 Å².